The molecule has 0 atom stereocenters. The maximum atomic E-state index is 10.9. The minimum absolute atomic E-state index is 0.0789. The minimum Gasteiger partial charge on any atom is -0.480 e. The van der Waals surface area contributed by atoms with Crippen molar-refractivity contribution in [2.45, 2.75) is 40.3 Å². The topological polar surface area (TPSA) is 58.4 Å². The average Bonchev–Trinajstić information content (AvgIpc) is 2.64. The van der Waals surface area contributed by atoms with Crippen LogP contribution in [-0.2, 0) is 17.9 Å². The molecule has 0 fully saturated rings. The van der Waals surface area contributed by atoms with E-state index in [0.717, 1.165) is 25.2 Å². The summed E-state index contributed by atoms with van der Waals surface area (Å²) in [6, 6.07) is 1.96. The Kier molecular flexibility index (Phi) is 5.85. The molecule has 0 unspecified atom stereocenters. The van der Waals surface area contributed by atoms with Crippen LogP contribution in [-0.4, -0.2) is 38.8 Å². The van der Waals surface area contributed by atoms with E-state index in [1.165, 1.54) is 0 Å². The largest absolute Gasteiger partial charge is 0.480 e. The van der Waals surface area contributed by atoms with Crippen molar-refractivity contribution < 1.29 is 9.90 Å². The standard InChI is InChI=1S/C13H23N3O2/c1-4-7-16-12(5-6-14-16)9-15(8-11(2)3)10-13(17)18/h5-6,11H,4,7-10H2,1-3H3,(H,17,18). The summed E-state index contributed by atoms with van der Waals surface area (Å²) in [5.74, 6) is -0.330. The second-order valence-corrected chi connectivity index (χ2v) is 5.00. The normalized spacial score (nSPS) is 11.4. The predicted molar refractivity (Wildman–Crippen MR) is 70.3 cm³/mol. The zero-order valence-electron chi connectivity index (χ0n) is 11.5. The van der Waals surface area contributed by atoms with Gasteiger partial charge < -0.3 is 5.11 Å². The average molecular weight is 253 g/mol. The van der Waals surface area contributed by atoms with Gasteiger partial charge in [-0.15, -0.1) is 0 Å². The van der Waals surface area contributed by atoms with Gasteiger partial charge in [-0.3, -0.25) is 14.4 Å². The van der Waals surface area contributed by atoms with Crippen molar-refractivity contribution in [3.63, 3.8) is 0 Å². The molecule has 0 bridgehead atoms. The van der Waals surface area contributed by atoms with Crippen molar-refractivity contribution in [1.82, 2.24) is 14.7 Å². The molecule has 0 amide bonds. The quantitative estimate of drug-likeness (QED) is 0.768. The Morgan fingerprint density at radius 3 is 2.83 bits per heavy atom. The number of aryl methyl sites for hydroxylation is 1. The van der Waals surface area contributed by atoms with Crippen molar-refractivity contribution in [3.8, 4) is 0 Å². The van der Waals surface area contributed by atoms with Crippen LogP contribution in [0.3, 0.4) is 0 Å². The molecule has 0 saturated carbocycles. The van der Waals surface area contributed by atoms with Gasteiger partial charge in [-0.05, 0) is 18.4 Å². The summed E-state index contributed by atoms with van der Waals surface area (Å²) < 4.78 is 1.95. The Morgan fingerprint density at radius 2 is 2.28 bits per heavy atom. The Hall–Kier alpha value is -1.36. The first-order chi connectivity index (χ1) is 8.52. The Balaban J connectivity index is 2.68. The van der Waals surface area contributed by atoms with Gasteiger partial charge in [0, 0.05) is 25.8 Å². The molecule has 0 aromatic carbocycles. The van der Waals surface area contributed by atoms with Gasteiger partial charge >= 0.3 is 5.97 Å². The Bertz CT molecular complexity index is 374. The summed E-state index contributed by atoms with van der Waals surface area (Å²) in [7, 11) is 0. The van der Waals surface area contributed by atoms with Crippen LogP contribution in [0.25, 0.3) is 0 Å². The lowest BCUT2D eigenvalue weighted by Crippen LogP contribution is -2.33. The fraction of sp³-hybridized carbons (Fsp3) is 0.692. The molecule has 1 heterocycles. The van der Waals surface area contributed by atoms with Crippen molar-refractivity contribution in [2.75, 3.05) is 13.1 Å². The summed E-state index contributed by atoms with van der Waals surface area (Å²) in [5, 5.41) is 13.2. The van der Waals surface area contributed by atoms with E-state index in [1.807, 2.05) is 15.6 Å². The Morgan fingerprint density at radius 1 is 1.56 bits per heavy atom. The molecule has 5 heteroatoms. The number of aromatic nitrogens is 2. The third kappa shape index (κ3) is 4.87. The third-order valence-corrected chi connectivity index (χ3v) is 2.61. The van der Waals surface area contributed by atoms with E-state index >= 15 is 0 Å². The van der Waals surface area contributed by atoms with Crippen molar-refractivity contribution in [1.29, 1.82) is 0 Å². The number of hydrogen-bond acceptors (Lipinski definition) is 3. The molecule has 1 rings (SSSR count). The summed E-state index contributed by atoms with van der Waals surface area (Å²) in [5.41, 5.74) is 1.08. The highest BCUT2D eigenvalue weighted by Crippen LogP contribution is 2.08. The van der Waals surface area contributed by atoms with Gasteiger partial charge in [-0.2, -0.15) is 5.10 Å². The second kappa shape index (κ2) is 7.16. The maximum absolute atomic E-state index is 10.9. The lowest BCUT2D eigenvalue weighted by molar-refractivity contribution is -0.138. The summed E-state index contributed by atoms with van der Waals surface area (Å²) >= 11 is 0. The van der Waals surface area contributed by atoms with Gasteiger partial charge in [0.25, 0.3) is 0 Å². The zero-order chi connectivity index (χ0) is 13.5. The van der Waals surface area contributed by atoms with E-state index < -0.39 is 5.97 Å². The first-order valence-corrected chi connectivity index (χ1v) is 6.47. The van der Waals surface area contributed by atoms with E-state index in [1.54, 1.807) is 6.20 Å². The van der Waals surface area contributed by atoms with Gasteiger partial charge in [-0.25, -0.2) is 0 Å². The molecule has 0 aliphatic heterocycles. The number of rotatable bonds is 8. The van der Waals surface area contributed by atoms with Crippen LogP contribution >= 0.6 is 0 Å². The molecule has 0 saturated heterocycles. The van der Waals surface area contributed by atoms with Gasteiger partial charge in [-0.1, -0.05) is 20.8 Å². The van der Waals surface area contributed by atoms with Crippen molar-refractivity contribution >= 4 is 5.97 Å². The fourth-order valence-corrected chi connectivity index (χ4v) is 2.03. The highest BCUT2D eigenvalue weighted by Gasteiger charge is 2.14. The number of carboxylic acids is 1. The molecule has 18 heavy (non-hydrogen) atoms. The maximum Gasteiger partial charge on any atom is 0.317 e. The SMILES string of the molecule is CCCn1nccc1CN(CC(=O)O)CC(C)C. The molecule has 5 nitrogen and oxygen atoms in total. The van der Waals surface area contributed by atoms with Gasteiger partial charge in [0.15, 0.2) is 0 Å². The molecule has 0 spiro atoms. The van der Waals surface area contributed by atoms with Crippen LogP contribution in [0, 0.1) is 5.92 Å². The number of carboxylic acid groups (broad SMARTS) is 1. The van der Waals surface area contributed by atoms with E-state index in [0.29, 0.717) is 12.5 Å². The highest BCUT2D eigenvalue weighted by atomic mass is 16.4. The van der Waals surface area contributed by atoms with Crippen LogP contribution in [0.2, 0.25) is 0 Å². The van der Waals surface area contributed by atoms with Crippen LogP contribution in [0.1, 0.15) is 32.9 Å². The second-order valence-electron chi connectivity index (χ2n) is 5.00. The number of aliphatic carboxylic acids is 1. The van der Waals surface area contributed by atoms with Crippen molar-refractivity contribution in [3.05, 3.63) is 18.0 Å². The van der Waals surface area contributed by atoms with Crippen LogP contribution in [0.15, 0.2) is 12.3 Å². The van der Waals surface area contributed by atoms with Gasteiger partial charge in [0.05, 0.1) is 12.2 Å². The smallest absolute Gasteiger partial charge is 0.317 e. The van der Waals surface area contributed by atoms with E-state index in [9.17, 15) is 4.79 Å². The lowest BCUT2D eigenvalue weighted by atomic mass is 10.2. The summed E-state index contributed by atoms with van der Waals surface area (Å²) in [4.78, 5) is 12.8. The fourth-order valence-electron chi connectivity index (χ4n) is 2.03. The minimum atomic E-state index is -0.780. The first kappa shape index (κ1) is 14.7. The van der Waals surface area contributed by atoms with Crippen LogP contribution in [0.5, 0.6) is 0 Å². The monoisotopic (exact) mass is 253 g/mol. The van der Waals surface area contributed by atoms with Gasteiger partial charge in [0.2, 0.25) is 0 Å². The molecular weight excluding hydrogens is 230 g/mol. The van der Waals surface area contributed by atoms with Gasteiger partial charge in [0.1, 0.15) is 0 Å². The molecule has 1 N–H and O–H groups in total. The molecule has 0 aliphatic carbocycles. The van der Waals surface area contributed by atoms with E-state index in [-0.39, 0.29) is 6.54 Å². The molecule has 0 radical (unpaired) electrons. The Labute approximate surface area is 108 Å². The molecule has 1 aromatic heterocycles. The highest BCUT2D eigenvalue weighted by molar-refractivity contribution is 5.69. The number of hydrogen-bond donors (Lipinski definition) is 1. The predicted octanol–water partition coefficient (Wildman–Crippen LogP) is 1.84. The summed E-state index contributed by atoms with van der Waals surface area (Å²) in [6.45, 7) is 8.68. The molecular formula is C13H23N3O2. The van der Waals surface area contributed by atoms with Crippen LogP contribution < -0.4 is 0 Å². The van der Waals surface area contributed by atoms with Crippen molar-refractivity contribution in [2.24, 2.45) is 5.92 Å². The number of nitrogens with zero attached hydrogens (tertiary/aromatic N) is 3. The number of carbonyl (C=O) groups is 1. The lowest BCUT2D eigenvalue weighted by Gasteiger charge is -2.22. The van der Waals surface area contributed by atoms with E-state index in [2.05, 4.69) is 25.9 Å². The van der Waals surface area contributed by atoms with Crippen LogP contribution in [0.4, 0.5) is 0 Å². The summed E-state index contributed by atoms with van der Waals surface area (Å²) in [6.07, 6.45) is 2.80. The molecule has 1 aromatic rings. The third-order valence-electron chi connectivity index (χ3n) is 2.61. The zero-order valence-corrected chi connectivity index (χ0v) is 11.5. The first-order valence-electron chi connectivity index (χ1n) is 6.47. The molecule has 102 valence electrons. The molecule has 0 aliphatic rings. The van der Waals surface area contributed by atoms with E-state index in [4.69, 9.17) is 5.11 Å².